The van der Waals surface area contributed by atoms with Gasteiger partial charge in [-0.05, 0) is 29.8 Å². The molecule has 0 spiro atoms. The molecule has 4 nitrogen and oxygen atoms in total. The molecule has 0 radical (unpaired) electrons. The number of para-hydroxylation sites is 1. The summed E-state index contributed by atoms with van der Waals surface area (Å²) in [5.74, 6) is -0.378. The molecule has 0 fully saturated rings. The van der Waals surface area contributed by atoms with Crippen molar-refractivity contribution >= 4 is 12.0 Å². The third kappa shape index (κ3) is 5.23. The van der Waals surface area contributed by atoms with Gasteiger partial charge in [0.05, 0.1) is 11.7 Å². The second-order valence-electron chi connectivity index (χ2n) is 5.86. The van der Waals surface area contributed by atoms with E-state index in [1.807, 2.05) is 42.5 Å². The van der Waals surface area contributed by atoms with E-state index >= 15 is 0 Å². The largest absolute Gasteiger partial charge is 0.434 e. The summed E-state index contributed by atoms with van der Waals surface area (Å²) in [6.07, 6.45) is 4.38. The maximum atomic E-state index is 12.5. The predicted octanol–water partition coefficient (Wildman–Crippen LogP) is 4.60. The van der Waals surface area contributed by atoms with E-state index in [2.05, 4.69) is 15.0 Å². The van der Waals surface area contributed by atoms with E-state index in [0.717, 1.165) is 5.56 Å². The van der Waals surface area contributed by atoms with Gasteiger partial charge in [-0.3, -0.25) is 9.78 Å². The maximum absolute atomic E-state index is 12.5. The fourth-order valence-corrected chi connectivity index (χ4v) is 2.70. The molecule has 1 N–H and O–H groups in total. The van der Waals surface area contributed by atoms with Crippen LogP contribution in [0.25, 0.3) is 6.08 Å². The molecule has 3 rings (SSSR count). The molecule has 6 heteroatoms. The standard InChI is InChI=1S/C22H18F2N2O2/c23-22(24)28-19-12-5-4-8-16(19)13-14-20(27)26-21(17-9-2-1-3-10-17)18-11-6-7-15-25-18/h1-15,21-22H,(H,26,27)/b14-13+. The topological polar surface area (TPSA) is 51.2 Å². The summed E-state index contributed by atoms with van der Waals surface area (Å²) in [6, 6.07) is 20.8. The first-order valence-electron chi connectivity index (χ1n) is 8.62. The molecule has 0 aliphatic heterocycles. The van der Waals surface area contributed by atoms with E-state index in [4.69, 9.17) is 0 Å². The molecule has 0 saturated heterocycles. The molecule has 0 aliphatic rings. The first-order chi connectivity index (χ1) is 13.6. The molecule has 0 saturated carbocycles. The van der Waals surface area contributed by atoms with Gasteiger partial charge in [0.1, 0.15) is 5.75 Å². The highest BCUT2D eigenvalue weighted by Crippen LogP contribution is 2.22. The Hall–Kier alpha value is -3.54. The summed E-state index contributed by atoms with van der Waals surface area (Å²) >= 11 is 0. The lowest BCUT2D eigenvalue weighted by Gasteiger charge is -2.18. The van der Waals surface area contributed by atoms with Crippen LogP contribution in [0.4, 0.5) is 8.78 Å². The van der Waals surface area contributed by atoms with Crippen molar-refractivity contribution in [2.75, 3.05) is 0 Å². The van der Waals surface area contributed by atoms with E-state index in [1.165, 1.54) is 18.2 Å². The summed E-state index contributed by atoms with van der Waals surface area (Å²) < 4.78 is 29.5. The van der Waals surface area contributed by atoms with Crippen LogP contribution < -0.4 is 10.1 Å². The summed E-state index contributed by atoms with van der Waals surface area (Å²) in [4.78, 5) is 16.8. The second-order valence-corrected chi connectivity index (χ2v) is 5.86. The van der Waals surface area contributed by atoms with Crippen molar-refractivity contribution in [3.05, 3.63) is 102 Å². The Balaban J connectivity index is 1.79. The van der Waals surface area contributed by atoms with Gasteiger partial charge in [0.15, 0.2) is 0 Å². The van der Waals surface area contributed by atoms with E-state index in [1.54, 1.807) is 30.5 Å². The normalized spacial score (nSPS) is 12.1. The molecule has 1 amide bonds. The van der Waals surface area contributed by atoms with E-state index in [0.29, 0.717) is 11.3 Å². The van der Waals surface area contributed by atoms with Crippen LogP contribution in [-0.4, -0.2) is 17.5 Å². The van der Waals surface area contributed by atoms with Gasteiger partial charge in [0.25, 0.3) is 0 Å². The zero-order chi connectivity index (χ0) is 19.8. The molecule has 1 unspecified atom stereocenters. The van der Waals surface area contributed by atoms with Gasteiger partial charge in [-0.15, -0.1) is 0 Å². The number of carbonyl (C=O) groups is 1. The Labute approximate surface area is 161 Å². The highest BCUT2D eigenvalue weighted by atomic mass is 19.3. The number of rotatable bonds is 7. The molecule has 1 heterocycles. The van der Waals surface area contributed by atoms with Crippen LogP contribution in [0.5, 0.6) is 5.75 Å². The first kappa shape index (κ1) is 19.2. The molecule has 0 bridgehead atoms. The Morgan fingerprint density at radius 3 is 2.39 bits per heavy atom. The molecule has 1 atom stereocenters. The number of hydrogen-bond donors (Lipinski definition) is 1. The summed E-state index contributed by atoms with van der Waals surface area (Å²) in [5.41, 5.74) is 1.95. The number of ether oxygens (including phenoxy) is 1. The number of benzene rings is 2. The third-order valence-corrected chi connectivity index (χ3v) is 3.95. The minimum Gasteiger partial charge on any atom is -0.434 e. The number of nitrogens with one attached hydrogen (secondary N) is 1. The summed E-state index contributed by atoms with van der Waals surface area (Å²) in [6.45, 7) is -2.94. The zero-order valence-corrected chi connectivity index (χ0v) is 14.8. The fraction of sp³-hybridized carbons (Fsp3) is 0.0909. The van der Waals surface area contributed by atoms with E-state index in [9.17, 15) is 13.6 Å². The van der Waals surface area contributed by atoms with Crippen molar-refractivity contribution in [1.82, 2.24) is 10.3 Å². The number of carbonyl (C=O) groups excluding carboxylic acids is 1. The van der Waals surface area contributed by atoms with Gasteiger partial charge in [-0.1, -0.05) is 54.6 Å². The number of amides is 1. The predicted molar refractivity (Wildman–Crippen MR) is 103 cm³/mol. The van der Waals surface area contributed by atoms with Crippen molar-refractivity contribution in [2.45, 2.75) is 12.7 Å². The van der Waals surface area contributed by atoms with Crippen LogP contribution in [0, 0.1) is 0 Å². The number of halogens is 2. The average molecular weight is 380 g/mol. The number of hydrogen-bond acceptors (Lipinski definition) is 3. The Morgan fingerprint density at radius 1 is 0.964 bits per heavy atom. The number of aromatic nitrogens is 1. The van der Waals surface area contributed by atoms with Gasteiger partial charge < -0.3 is 10.1 Å². The Kier molecular flexibility index (Phi) is 6.46. The Bertz CT molecular complexity index is 892. The van der Waals surface area contributed by atoms with Crippen molar-refractivity contribution < 1.29 is 18.3 Å². The summed E-state index contributed by atoms with van der Waals surface area (Å²) in [7, 11) is 0. The first-order valence-corrected chi connectivity index (χ1v) is 8.62. The monoisotopic (exact) mass is 380 g/mol. The van der Waals surface area contributed by atoms with Gasteiger partial charge in [-0.25, -0.2) is 0 Å². The molecular weight excluding hydrogens is 362 g/mol. The van der Waals surface area contributed by atoms with Gasteiger partial charge in [0.2, 0.25) is 5.91 Å². The number of pyridine rings is 1. The Morgan fingerprint density at radius 2 is 1.68 bits per heavy atom. The van der Waals surface area contributed by atoms with Gasteiger partial charge >= 0.3 is 6.61 Å². The third-order valence-electron chi connectivity index (χ3n) is 3.95. The van der Waals surface area contributed by atoms with Crippen molar-refractivity contribution in [3.63, 3.8) is 0 Å². The van der Waals surface area contributed by atoms with Gasteiger partial charge in [0, 0.05) is 17.8 Å². The maximum Gasteiger partial charge on any atom is 0.387 e. The fourth-order valence-electron chi connectivity index (χ4n) is 2.70. The average Bonchev–Trinajstić information content (AvgIpc) is 2.72. The van der Waals surface area contributed by atoms with Crippen LogP contribution in [-0.2, 0) is 4.79 Å². The van der Waals surface area contributed by atoms with E-state index in [-0.39, 0.29) is 11.7 Å². The highest BCUT2D eigenvalue weighted by molar-refractivity contribution is 5.92. The van der Waals surface area contributed by atoms with Gasteiger partial charge in [-0.2, -0.15) is 8.78 Å². The van der Waals surface area contributed by atoms with E-state index < -0.39 is 12.7 Å². The van der Waals surface area contributed by atoms with Crippen LogP contribution in [0.15, 0.2) is 85.1 Å². The van der Waals surface area contributed by atoms with Crippen LogP contribution in [0.2, 0.25) is 0 Å². The SMILES string of the molecule is O=C(/C=C/c1ccccc1OC(F)F)NC(c1ccccc1)c1ccccn1. The lowest BCUT2D eigenvalue weighted by Crippen LogP contribution is -2.28. The van der Waals surface area contributed by atoms with Crippen LogP contribution in [0.3, 0.4) is 0 Å². The molecule has 2 aromatic carbocycles. The highest BCUT2D eigenvalue weighted by Gasteiger charge is 2.16. The van der Waals surface area contributed by atoms with Crippen molar-refractivity contribution in [3.8, 4) is 5.75 Å². The lowest BCUT2D eigenvalue weighted by atomic mass is 10.0. The molecule has 3 aromatic rings. The number of nitrogens with zero attached hydrogens (tertiary/aromatic N) is 1. The lowest BCUT2D eigenvalue weighted by molar-refractivity contribution is -0.116. The quantitative estimate of drug-likeness (QED) is 0.610. The number of alkyl halides is 2. The minimum absolute atomic E-state index is 0.00545. The second kappa shape index (κ2) is 9.41. The molecular formula is C22H18F2N2O2. The molecule has 0 aliphatic carbocycles. The van der Waals surface area contributed by atoms with Crippen LogP contribution in [0.1, 0.15) is 22.9 Å². The van der Waals surface area contributed by atoms with Crippen LogP contribution >= 0.6 is 0 Å². The van der Waals surface area contributed by atoms with Crippen molar-refractivity contribution in [2.24, 2.45) is 0 Å². The van der Waals surface area contributed by atoms with Crippen molar-refractivity contribution in [1.29, 1.82) is 0 Å². The molecule has 28 heavy (non-hydrogen) atoms. The molecule has 1 aromatic heterocycles. The molecule has 142 valence electrons. The smallest absolute Gasteiger partial charge is 0.387 e. The summed E-state index contributed by atoms with van der Waals surface area (Å²) in [5, 5.41) is 2.90. The zero-order valence-electron chi connectivity index (χ0n) is 14.8. The minimum atomic E-state index is -2.94.